The maximum absolute atomic E-state index is 6.11. The molecule has 1 heterocycles. The molecule has 0 aromatic heterocycles. The maximum atomic E-state index is 6.11. The van der Waals surface area contributed by atoms with Crippen molar-refractivity contribution in [3.8, 4) is 5.75 Å². The van der Waals surface area contributed by atoms with Crippen LogP contribution in [0.15, 0.2) is 24.3 Å². The molecule has 0 radical (unpaired) electrons. The van der Waals surface area contributed by atoms with Crippen LogP contribution in [0, 0.1) is 0 Å². The lowest BCUT2D eigenvalue weighted by Gasteiger charge is -2.28. The fourth-order valence-electron chi connectivity index (χ4n) is 2.67. The minimum absolute atomic E-state index is 0.513. The predicted molar refractivity (Wildman–Crippen MR) is 76.4 cm³/mol. The molecule has 0 bridgehead atoms. The lowest BCUT2D eigenvalue weighted by Crippen LogP contribution is -2.35. The van der Waals surface area contributed by atoms with E-state index in [0.29, 0.717) is 6.04 Å². The zero-order valence-electron chi connectivity index (χ0n) is 11.1. The molecule has 1 saturated heterocycles. The van der Waals surface area contributed by atoms with Gasteiger partial charge in [0.1, 0.15) is 5.75 Å². The molecular weight excluding hydrogens is 246 g/mol. The number of alkyl halides is 1. The molecule has 1 aliphatic rings. The van der Waals surface area contributed by atoms with Crippen molar-refractivity contribution >= 4 is 11.6 Å². The van der Waals surface area contributed by atoms with Gasteiger partial charge < -0.3 is 4.74 Å². The van der Waals surface area contributed by atoms with E-state index in [0.717, 1.165) is 24.7 Å². The molecule has 1 atom stereocenters. The Hall–Kier alpha value is -0.730. The number of methoxy groups -OCH3 is 1. The van der Waals surface area contributed by atoms with E-state index in [1.54, 1.807) is 7.11 Å². The smallest absolute Gasteiger partial charge is 0.123 e. The summed E-state index contributed by atoms with van der Waals surface area (Å²) >= 11 is 6.11. The predicted octanol–water partition coefficient (Wildman–Crippen LogP) is 3.68. The average molecular weight is 268 g/mol. The minimum Gasteiger partial charge on any atom is -0.496 e. The quantitative estimate of drug-likeness (QED) is 0.772. The van der Waals surface area contributed by atoms with E-state index in [4.69, 9.17) is 16.3 Å². The van der Waals surface area contributed by atoms with Crippen molar-refractivity contribution in [1.82, 2.24) is 4.90 Å². The summed E-state index contributed by atoms with van der Waals surface area (Å²) in [5.74, 6) is 1.71. The molecule has 1 fully saturated rings. The van der Waals surface area contributed by atoms with Crippen molar-refractivity contribution in [2.45, 2.75) is 38.3 Å². The molecule has 2 nitrogen and oxygen atoms in total. The van der Waals surface area contributed by atoms with E-state index in [9.17, 15) is 0 Å². The molecule has 0 N–H and O–H groups in total. The number of rotatable bonds is 4. The Kier molecular flexibility index (Phi) is 5.33. The van der Waals surface area contributed by atoms with Gasteiger partial charge in [-0.1, -0.05) is 31.0 Å². The number of para-hydroxylation sites is 1. The fourth-order valence-corrected chi connectivity index (χ4v) is 3.02. The van der Waals surface area contributed by atoms with Crippen molar-refractivity contribution in [1.29, 1.82) is 0 Å². The second-order valence-corrected chi connectivity index (χ2v) is 5.25. The Bertz CT molecular complexity index is 369. The third-order valence-corrected chi connectivity index (χ3v) is 4.10. The molecule has 18 heavy (non-hydrogen) atoms. The molecule has 0 aliphatic carbocycles. The van der Waals surface area contributed by atoms with Gasteiger partial charge in [0.15, 0.2) is 0 Å². The monoisotopic (exact) mass is 267 g/mol. The molecule has 3 heteroatoms. The minimum atomic E-state index is 0.513. The van der Waals surface area contributed by atoms with Crippen molar-refractivity contribution in [2.24, 2.45) is 0 Å². The van der Waals surface area contributed by atoms with E-state index >= 15 is 0 Å². The van der Waals surface area contributed by atoms with Crippen LogP contribution in [0.3, 0.4) is 0 Å². The van der Waals surface area contributed by atoms with Gasteiger partial charge >= 0.3 is 0 Å². The number of benzene rings is 1. The first-order chi connectivity index (χ1) is 8.85. The van der Waals surface area contributed by atoms with Crippen LogP contribution in [0.4, 0.5) is 0 Å². The lowest BCUT2D eigenvalue weighted by atomic mass is 10.1. The second-order valence-electron chi connectivity index (χ2n) is 4.94. The first kappa shape index (κ1) is 13.7. The van der Waals surface area contributed by atoms with Crippen LogP contribution >= 0.6 is 11.6 Å². The van der Waals surface area contributed by atoms with Gasteiger partial charge in [-0.3, -0.25) is 4.90 Å². The first-order valence-electron chi connectivity index (χ1n) is 6.77. The summed E-state index contributed by atoms with van der Waals surface area (Å²) < 4.78 is 5.43. The Morgan fingerprint density at radius 2 is 2.11 bits per heavy atom. The largest absolute Gasteiger partial charge is 0.496 e. The van der Waals surface area contributed by atoms with Crippen LogP contribution in [0.25, 0.3) is 0 Å². The van der Waals surface area contributed by atoms with Gasteiger partial charge in [-0.05, 0) is 25.5 Å². The van der Waals surface area contributed by atoms with Crippen LogP contribution in [-0.2, 0) is 6.54 Å². The van der Waals surface area contributed by atoms with E-state index in [2.05, 4.69) is 17.0 Å². The maximum Gasteiger partial charge on any atom is 0.123 e. The summed E-state index contributed by atoms with van der Waals surface area (Å²) in [7, 11) is 1.74. The standard InChI is InChI=1S/C15H22ClNO/c1-18-15-9-5-4-7-13(15)12-17-10-6-2-3-8-14(17)11-16/h4-5,7,9,14H,2-3,6,8,10-12H2,1H3. The number of halogens is 1. The van der Waals surface area contributed by atoms with E-state index in [-0.39, 0.29) is 0 Å². The van der Waals surface area contributed by atoms with Gasteiger partial charge in [0.05, 0.1) is 7.11 Å². The summed E-state index contributed by atoms with van der Waals surface area (Å²) in [5.41, 5.74) is 1.26. The Morgan fingerprint density at radius 3 is 2.89 bits per heavy atom. The zero-order chi connectivity index (χ0) is 12.8. The molecule has 1 aromatic carbocycles. The van der Waals surface area contributed by atoms with Gasteiger partial charge in [0.2, 0.25) is 0 Å². The van der Waals surface area contributed by atoms with Gasteiger partial charge in [0, 0.05) is 24.0 Å². The molecule has 1 aromatic rings. The molecule has 1 unspecified atom stereocenters. The third kappa shape index (κ3) is 3.39. The second kappa shape index (κ2) is 7.01. The highest BCUT2D eigenvalue weighted by Crippen LogP contribution is 2.24. The van der Waals surface area contributed by atoms with Crippen LogP contribution in [0.1, 0.15) is 31.2 Å². The Labute approximate surface area is 115 Å². The number of hydrogen-bond donors (Lipinski definition) is 0. The number of hydrogen-bond acceptors (Lipinski definition) is 2. The number of ether oxygens (including phenoxy) is 1. The summed E-state index contributed by atoms with van der Waals surface area (Å²) in [6.07, 6.45) is 5.14. The van der Waals surface area contributed by atoms with Gasteiger partial charge in [-0.25, -0.2) is 0 Å². The van der Waals surface area contributed by atoms with E-state index in [1.165, 1.54) is 31.2 Å². The first-order valence-corrected chi connectivity index (χ1v) is 7.30. The van der Waals surface area contributed by atoms with Crippen LogP contribution in [0.5, 0.6) is 5.75 Å². The zero-order valence-corrected chi connectivity index (χ0v) is 11.8. The summed E-state index contributed by atoms with van der Waals surface area (Å²) in [6.45, 7) is 2.09. The van der Waals surface area contributed by atoms with Crippen molar-refractivity contribution in [3.63, 3.8) is 0 Å². The molecule has 1 aliphatic heterocycles. The highest BCUT2D eigenvalue weighted by molar-refractivity contribution is 6.18. The Morgan fingerprint density at radius 1 is 1.28 bits per heavy atom. The van der Waals surface area contributed by atoms with Gasteiger partial charge in [-0.2, -0.15) is 0 Å². The highest BCUT2D eigenvalue weighted by atomic mass is 35.5. The SMILES string of the molecule is COc1ccccc1CN1CCCCCC1CCl. The molecule has 0 saturated carbocycles. The molecule has 0 amide bonds. The molecule has 0 spiro atoms. The summed E-state index contributed by atoms with van der Waals surface area (Å²) in [5, 5.41) is 0. The van der Waals surface area contributed by atoms with Crippen molar-refractivity contribution in [2.75, 3.05) is 19.5 Å². The number of nitrogens with zero attached hydrogens (tertiary/aromatic N) is 1. The Balaban J connectivity index is 2.10. The van der Waals surface area contributed by atoms with Crippen LogP contribution in [0.2, 0.25) is 0 Å². The molecule has 2 rings (SSSR count). The molecule has 100 valence electrons. The van der Waals surface area contributed by atoms with Crippen molar-refractivity contribution < 1.29 is 4.74 Å². The lowest BCUT2D eigenvalue weighted by molar-refractivity contribution is 0.205. The summed E-state index contributed by atoms with van der Waals surface area (Å²) in [6, 6.07) is 8.78. The van der Waals surface area contributed by atoms with E-state index < -0.39 is 0 Å². The molecular formula is C15H22ClNO. The van der Waals surface area contributed by atoms with E-state index in [1.807, 2.05) is 12.1 Å². The van der Waals surface area contributed by atoms with Gasteiger partial charge in [0.25, 0.3) is 0 Å². The number of likely N-dealkylation sites (tertiary alicyclic amines) is 1. The van der Waals surface area contributed by atoms with Gasteiger partial charge in [-0.15, -0.1) is 11.6 Å². The summed E-state index contributed by atoms with van der Waals surface area (Å²) in [4.78, 5) is 2.51. The normalized spacial score (nSPS) is 21.6. The van der Waals surface area contributed by atoms with Crippen molar-refractivity contribution in [3.05, 3.63) is 29.8 Å². The third-order valence-electron chi connectivity index (χ3n) is 3.74. The topological polar surface area (TPSA) is 12.5 Å². The fraction of sp³-hybridized carbons (Fsp3) is 0.600. The van der Waals surface area contributed by atoms with Crippen LogP contribution < -0.4 is 4.74 Å². The van der Waals surface area contributed by atoms with Crippen LogP contribution in [-0.4, -0.2) is 30.5 Å². The highest BCUT2D eigenvalue weighted by Gasteiger charge is 2.21. The average Bonchev–Trinajstić information content (AvgIpc) is 2.64.